The van der Waals surface area contributed by atoms with Gasteiger partial charge in [-0.15, -0.1) is 11.3 Å². The van der Waals surface area contributed by atoms with Gasteiger partial charge in [-0.3, -0.25) is 0 Å². The molecule has 2 aliphatic rings. The average molecular weight is 237 g/mol. The van der Waals surface area contributed by atoms with Crippen molar-refractivity contribution < 1.29 is 0 Å². The average Bonchev–Trinajstić information content (AvgIpc) is 2.89. The summed E-state index contributed by atoms with van der Waals surface area (Å²) in [5, 5.41) is 7.08. The maximum atomic E-state index is 4.73. The summed E-state index contributed by atoms with van der Waals surface area (Å²) in [6.45, 7) is 5.83. The normalized spacial score (nSPS) is 37.9. The third kappa shape index (κ3) is 1.44. The molecule has 0 aromatic carbocycles. The molecule has 2 bridgehead atoms. The molecule has 1 aromatic rings. The molecule has 0 aliphatic carbocycles. The second-order valence-corrected chi connectivity index (χ2v) is 5.91. The van der Waals surface area contributed by atoms with Crippen LogP contribution in [0.3, 0.4) is 0 Å². The molecule has 0 saturated carbocycles. The lowest BCUT2D eigenvalue weighted by Crippen LogP contribution is -2.52. The standard InChI is InChI=1S/C12H19N3S/c1-9-8-16-11(14-9)12(13-2)4-6-15-5-3-10(12)7-15/h8,10,13H,3-7H2,1-2H3. The topological polar surface area (TPSA) is 28.2 Å². The van der Waals surface area contributed by atoms with Crippen LogP contribution in [0.4, 0.5) is 0 Å². The Labute approximate surface area is 101 Å². The van der Waals surface area contributed by atoms with Crippen molar-refractivity contribution in [3.63, 3.8) is 0 Å². The van der Waals surface area contributed by atoms with E-state index in [4.69, 9.17) is 4.98 Å². The van der Waals surface area contributed by atoms with Crippen LogP contribution in [-0.2, 0) is 5.54 Å². The quantitative estimate of drug-likeness (QED) is 0.846. The fourth-order valence-electron chi connectivity index (χ4n) is 3.25. The smallest absolute Gasteiger partial charge is 0.113 e. The van der Waals surface area contributed by atoms with Crippen molar-refractivity contribution >= 4 is 11.3 Å². The number of nitrogens with zero attached hydrogens (tertiary/aromatic N) is 2. The van der Waals surface area contributed by atoms with Gasteiger partial charge in [0.15, 0.2) is 0 Å². The van der Waals surface area contributed by atoms with Gasteiger partial charge in [0.2, 0.25) is 0 Å². The van der Waals surface area contributed by atoms with Crippen LogP contribution >= 0.6 is 11.3 Å². The Morgan fingerprint density at radius 3 is 3.12 bits per heavy atom. The van der Waals surface area contributed by atoms with E-state index < -0.39 is 0 Å². The Kier molecular flexibility index (Phi) is 2.53. The Morgan fingerprint density at radius 1 is 1.56 bits per heavy atom. The molecule has 0 amide bonds. The number of nitrogens with one attached hydrogen (secondary N) is 1. The highest BCUT2D eigenvalue weighted by Gasteiger charge is 2.47. The Balaban J connectivity index is 1.98. The van der Waals surface area contributed by atoms with Crippen LogP contribution in [0.25, 0.3) is 0 Å². The van der Waals surface area contributed by atoms with Crippen LogP contribution in [-0.4, -0.2) is 36.6 Å². The van der Waals surface area contributed by atoms with Crippen molar-refractivity contribution in [1.82, 2.24) is 15.2 Å². The summed E-state index contributed by atoms with van der Waals surface area (Å²) >= 11 is 1.82. The first kappa shape index (κ1) is 10.7. The maximum Gasteiger partial charge on any atom is 0.113 e. The van der Waals surface area contributed by atoms with E-state index >= 15 is 0 Å². The lowest BCUT2D eigenvalue weighted by molar-refractivity contribution is 0.138. The molecule has 1 aromatic heterocycles. The minimum Gasteiger partial charge on any atom is -0.308 e. The van der Waals surface area contributed by atoms with Gasteiger partial charge in [0.05, 0.1) is 5.54 Å². The lowest BCUT2D eigenvalue weighted by atomic mass is 9.79. The van der Waals surface area contributed by atoms with Crippen LogP contribution in [0.5, 0.6) is 0 Å². The highest BCUT2D eigenvalue weighted by molar-refractivity contribution is 7.09. The molecule has 3 unspecified atom stereocenters. The van der Waals surface area contributed by atoms with Gasteiger partial charge in [-0.05, 0) is 39.3 Å². The molecule has 3 heterocycles. The van der Waals surface area contributed by atoms with Gasteiger partial charge < -0.3 is 10.2 Å². The number of piperidine rings is 1. The van der Waals surface area contributed by atoms with E-state index in [1.54, 1.807) is 0 Å². The summed E-state index contributed by atoms with van der Waals surface area (Å²) in [6, 6.07) is 0. The number of thiazole rings is 1. The van der Waals surface area contributed by atoms with E-state index in [-0.39, 0.29) is 5.54 Å². The first-order valence-corrected chi connectivity index (χ1v) is 6.96. The second-order valence-electron chi connectivity index (χ2n) is 5.05. The van der Waals surface area contributed by atoms with E-state index in [9.17, 15) is 0 Å². The molecule has 0 radical (unpaired) electrons. The van der Waals surface area contributed by atoms with Crippen molar-refractivity contribution in [1.29, 1.82) is 0 Å². The van der Waals surface area contributed by atoms with Gasteiger partial charge in [0.1, 0.15) is 5.01 Å². The summed E-state index contributed by atoms with van der Waals surface area (Å²) in [5.41, 5.74) is 1.32. The number of aromatic nitrogens is 1. The molecule has 3 nitrogen and oxygen atoms in total. The van der Waals surface area contributed by atoms with Gasteiger partial charge in [-0.25, -0.2) is 4.98 Å². The van der Waals surface area contributed by atoms with Gasteiger partial charge in [0.25, 0.3) is 0 Å². The van der Waals surface area contributed by atoms with Gasteiger partial charge in [-0.1, -0.05) is 0 Å². The van der Waals surface area contributed by atoms with Crippen LogP contribution in [0, 0.1) is 12.8 Å². The summed E-state index contributed by atoms with van der Waals surface area (Å²) in [7, 11) is 2.10. The van der Waals surface area contributed by atoms with Crippen LogP contribution in [0.15, 0.2) is 5.38 Å². The van der Waals surface area contributed by atoms with Crippen molar-refractivity contribution in [2.75, 3.05) is 26.7 Å². The number of rotatable bonds is 2. The van der Waals surface area contributed by atoms with Gasteiger partial charge >= 0.3 is 0 Å². The predicted molar refractivity (Wildman–Crippen MR) is 66.8 cm³/mol. The number of hydrogen-bond acceptors (Lipinski definition) is 4. The number of fused-ring (bicyclic) bond motifs is 2. The molecule has 88 valence electrons. The molecule has 3 atom stereocenters. The molecule has 3 rings (SSSR count). The van der Waals surface area contributed by atoms with Crippen LogP contribution in [0.2, 0.25) is 0 Å². The summed E-state index contributed by atoms with van der Waals surface area (Å²) < 4.78 is 0. The third-order valence-corrected chi connectivity index (χ3v) is 5.38. The third-order valence-electron chi connectivity index (χ3n) is 4.24. The molecule has 1 N–H and O–H groups in total. The zero-order valence-electron chi connectivity index (χ0n) is 9.99. The lowest BCUT2D eigenvalue weighted by Gasteiger charge is -2.41. The zero-order chi connectivity index (χ0) is 11.2. The van der Waals surface area contributed by atoms with Gasteiger partial charge in [-0.2, -0.15) is 0 Å². The SMILES string of the molecule is CNC1(c2nc(C)cs2)CCN2CCC1C2. The first-order chi connectivity index (χ1) is 7.74. The minimum atomic E-state index is 0.159. The highest BCUT2D eigenvalue weighted by atomic mass is 32.1. The molecule has 2 aliphatic heterocycles. The van der Waals surface area contributed by atoms with E-state index in [1.165, 1.54) is 37.5 Å². The minimum absolute atomic E-state index is 0.159. The molecule has 4 heteroatoms. The Morgan fingerprint density at radius 2 is 2.44 bits per heavy atom. The number of hydrogen-bond donors (Lipinski definition) is 1. The predicted octanol–water partition coefficient (Wildman–Crippen LogP) is 1.59. The van der Waals surface area contributed by atoms with E-state index in [0.29, 0.717) is 0 Å². The summed E-state index contributed by atoms with van der Waals surface area (Å²) in [5.74, 6) is 0.747. The fraction of sp³-hybridized carbons (Fsp3) is 0.750. The molecular weight excluding hydrogens is 218 g/mol. The van der Waals surface area contributed by atoms with Crippen LogP contribution < -0.4 is 5.32 Å². The van der Waals surface area contributed by atoms with Gasteiger partial charge in [0, 0.05) is 24.2 Å². The first-order valence-electron chi connectivity index (χ1n) is 6.08. The Bertz CT molecular complexity index is 389. The maximum absolute atomic E-state index is 4.73. The second kappa shape index (κ2) is 3.79. The largest absolute Gasteiger partial charge is 0.308 e. The summed E-state index contributed by atoms with van der Waals surface area (Å²) in [6.07, 6.45) is 2.53. The van der Waals surface area contributed by atoms with E-state index in [0.717, 1.165) is 11.6 Å². The number of aryl methyl sites for hydroxylation is 1. The summed E-state index contributed by atoms with van der Waals surface area (Å²) in [4.78, 5) is 7.32. The molecule has 16 heavy (non-hydrogen) atoms. The van der Waals surface area contributed by atoms with Crippen molar-refractivity contribution in [2.45, 2.75) is 25.3 Å². The van der Waals surface area contributed by atoms with Crippen molar-refractivity contribution in [2.24, 2.45) is 5.92 Å². The van der Waals surface area contributed by atoms with Crippen molar-refractivity contribution in [3.05, 3.63) is 16.1 Å². The zero-order valence-corrected chi connectivity index (χ0v) is 10.8. The van der Waals surface area contributed by atoms with Crippen molar-refractivity contribution in [3.8, 4) is 0 Å². The Hall–Kier alpha value is -0.450. The molecule has 0 spiro atoms. The molecule has 2 saturated heterocycles. The molecule has 2 fully saturated rings. The van der Waals surface area contributed by atoms with Crippen LogP contribution in [0.1, 0.15) is 23.5 Å². The fourth-order valence-corrected chi connectivity index (χ4v) is 4.37. The highest BCUT2D eigenvalue weighted by Crippen LogP contribution is 2.43. The van der Waals surface area contributed by atoms with E-state index in [2.05, 4.69) is 29.6 Å². The molecular formula is C12H19N3S. The monoisotopic (exact) mass is 237 g/mol. The van der Waals surface area contributed by atoms with E-state index in [1.807, 2.05) is 11.3 Å².